The van der Waals surface area contributed by atoms with E-state index in [1.165, 1.54) is 37.5 Å². The number of allylic oxidation sites excluding steroid dienone is 1. The number of fused-ring (bicyclic) bond motifs is 5. The van der Waals surface area contributed by atoms with Gasteiger partial charge in [0.05, 0.1) is 0 Å². The first-order valence-corrected chi connectivity index (χ1v) is 6.63. The Bertz CT molecular complexity index is 372. The quantitative estimate of drug-likeness (QED) is 0.484. The average molecular weight is 218 g/mol. The molecular weight excluding hydrogens is 196 g/mol. The summed E-state index contributed by atoms with van der Waals surface area (Å²) in [6, 6.07) is 0. The Morgan fingerprint density at radius 3 is 2.75 bits per heavy atom. The predicted molar refractivity (Wildman–Crippen MR) is 65.0 cm³/mol. The van der Waals surface area contributed by atoms with Crippen LogP contribution in [0.25, 0.3) is 0 Å². The SMILES string of the molecule is C=C1CC[C@]2(C)C[C@H]1[C@]1(C=O)CCC[C@]21C. The molecule has 0 aliphatic heterocycles. The minimum Gasteiger partial charge on any atom is -0.303 e. The molecule has 0 aromatic heterocycles. The highest BCUT2D eigenvalue weighted by Crippen LogP contribution is 2.76. The fourth-order valence-electron chi connectivity index (χ4n) is 5.29. The van der Waals surface area contributed by atoms with Gasteiger partial charge in [-0.2, -0.15) is 0 Å². The highest BCUT2D eigenvalue weighted by atomic mass is 16.1. The van der Waals surface area contributed by atoms with Crippen LogP contribution in [0.4, 0.5) is 0 Å². The van der Waals surface area contributed by atoms with Crippen LogP contribution in [-0.2, 0) is 4.79 Å². The Kier molecular flexibility index (Phi) is 1.85. The molecule has 0 aromatic rings. The van der Waals surface area contributed by atoms with Crippen molar-refractivity contribution in [2.45, 2.75) is 52.4 Å². The number of aldehydes is 1. The molecule has 0 heterocycles. The van der Waals surface area contributed by atoms with Gasteiger partial charge < -0.3 is 4.79 Å². The van der Waals surface area contributed by atoms with E-state index in [1.807, 2.05) is 0 Å². The molecule has 0 amide bonds. The number of carbonyl (C=O) groups is 1. The normalized spacial score (nSPS) is 55.1. The highest BCUT2D eigenvalue weighted by Gasteiger charge is 2.70. The molecule has 3 aliphatic rings. The molecule has 16 heavy (non-hydrogen) atoms. The third-order valence-corrected chi connectivity index (χ3v) is 6.60. The van der Waals surface area contributed by atoms with Crippen molar-refractivity contribution >= 4 is 6.29 Å². The van der Waals surface area contributed by atoms with Crippen molar-refractivity contribution < 1.29 is 4.79 Å². The van der Waals surface area contributed by atoms with E-state index in [4.69, 9.17) is 0 Å². The largest absolute Gasteiger partial charge is 0.303 e. The topological polar surface area (TPSA) is 17.1 Å². The molecule has 3 fully saturated rings. The van der Waals surface area contributed by atoms with Crippen LogP contribution in [0.1, 0.15) is 52.4 Å². The van der Waals surface area contributed by atoms with Crippen LogP contribution in [0.2, 0.25) is 0 Å². The summed E-state index contributed by atoms with van der Waals surface area (Å²) in [5.41, 5.74) is 1.92. The molecule has 1 heteroatoms. The first-order chi connectivity index (χ1) is 7.49. The first kappa shape index (κ1) is 10.6. The van der Waals surface area contributed by atoms with Crippen LogP contribution in [0.3, 0.4) is 0 Å². The maximum absolute atomic E-state index is 11.8. The molecule has 0 aromatic carbocycles. The Labute approximate surface area is 98.3 Å². The maximum atomic E-state index is 11.8. The Hall–Kier alpha value is -0.590. The van der Waals surface area contributed by atoms with E-state index in [-0.39, 0.29) is 10.8 Å². The molecule has 0 saturated heterocycles. The van der Waals surface area contributed by atoms with Crippen molar-refractivity contribution in [3.8, 4) is 0 Å². The molecule has 3 rings (SSSR count). The van der Waals surface area contributed by atoms with Gasteiger partial charge in [0, 0.05) is 5.41 Å². The van der Waals surface area contributed by atoms with Crippen LogP contribution in [0, 0.1) is 22.2 Å². The van der Waals surface area contributed by atoms with Crippen LogP contribution in [0.15, 0.2) is 12.2 Å². The van der Waals surface area contributed by atoms with Crippen molar-refractivity contribution in [3.63, 3.8) is 0 Å². The second kappa shape index (κ2) is 2.80. The van der Waals surface area contributed by atoms with Crippen LogP contribution in [0.5, 0.6) is 0 Å². The summed E-state index contributed by atoms with van der Waals surface area (Å²) >= 11 is 0. The summed E-state index contributed by atoms with van der Waals surface area (Å²) in [5, 5.41) is 0. The van der Waals surface area contributed by atoms with Gasteiger partial charge in [-0.05, 0) is 48.9 Å². The van der Waals surface area contributed by atoms with Gasteiger partial charge in [-0.3, -0.25) is 0 Å². The summed E-state index contributed by atoms with van der Waals surface area (Å²) in [5.74, 6) is 0.483. The molecule has 3 aliphatic carbocycles. The third-order valence-electron chi connectivity index (χ3n) is 6.60. The zero-order valence-electron chi connectivity index (χ0n) is 10.5. The lowest BCUT2D eigenvalue weighted by Crippen LogP contribution is -2.41. The van der Waals surface area contributed by atoms with Crippen molar-refractivity contribution in [1.82, 2.24) is 0 Å². The average Bonchev–Trinajstić information content (AvgIpc) is 2.67. The number of rotatable bonds is 1. The molecule has 2 bridgehead atoms. The molecule has 3 saturated carbocycles. The number of carbonyl (C=O) groups excluding carboxylic acids is 1. The standard InChI is InChI=1S/C15H22O/c1-11-5-8-13(2)9-12(11)15(10-16)7-4-6-14(13,15)3/h10,12H,1,4-9H2,2-3H3/t12-,13-,14-,15-/m1/s1. The maximum Gasteiger partial charge on any atom is 0.127 e. The molecule has 88 valence electrons. The number of hydrogen-bond donors (Lipinski definition) is 0. The molecule has 0 N–H and O–H groups in total. The summed E-state index contributed by atoms with van der Waals surface area (Å²) in [4.78, 5) is 11.8. The van der Waals surface area contributed by atoms with Crippen LogP contribution < -0.4 is 0 Å². The molecular formula is C15H22O. The van der Waals surface area contributed by atoms with Gasteiger partial charge in [0.15, 0.2) is 0 Å². The fraction of sp³-hybridized carbons (Fsp3) is 0.800. The summed E-state index contributed by atoms with van der Waals surface area (Å²) < 4.78 is 0. The van der Waals surface area contributed by atoms with E-state index in [0.29, 0.717) is 11.3 Å². The molecule has 0 radical (unpaired) electrons. The minimum atomic E-state index is -0.0602. The summed E-state index contributed by atoms with van der Waals surface area (Å²) in [7, 11) is 0. The van der Waals surface area contributed by atoms with E-state index < -0.39 is 0 Å². The fourth-order valence-corrected chi connectivity index (χ4v) is 5.29. The van der Waals surface area contributed by atoms with E-state index >= 15 is 0 Å². The molecule has 1 nitrogen and oxygen atoms in total. The predicted octanol–water partition coefficient (Wildman–Crippen LogP) is 3.74. The Morgan fingerprint density at radius 1 is 1.31 bits per heavy atom. The van der Waals surface area contributed by atoms with Crippen LogP contribution in [-0.4, -0.2) is 6.29 Å². The lowest BCUT2D eigenvalue weighted by atomic mass is 9.59. The van der Waals surface area contributed by atoms with Gasteiger partial charge >= 0.3 is 0 Å². The van der Waals surface area contributed by atoms with Gasteiger partial charge in [-0.15, -0.1) is 0 Å². The van der Waals surface area contributed by atoms with E-state index in [0.717, 1.165) is 12.8 Å². The van der Waals surface area contributed by atoms with Crippen molar-refractivity contribution in [1.29, 1.82) is 0 Å². The highest BCUT2D eigenvalue weighted by molar-refractivity contribution is 5.66. The van der Waals surface area contributed by atoms with Crippen molar-refractivity contribution in [2.24, 2.45) is 22.2 Å². The van der Waals surface area contributed by atoms with Gasteiger partial charge in [-0.1, -0.05) is 32.4 Å². The van der Waals surface area contributed by atoms with E-state index in [2.05, 4.69) is 20.4 Å². The monoisotopic (exact) mass is 218 g/mol. The van der Waals surface area contributed by atoms with E-state index in [1.54, 1.807) is 0 Å². The van der Waals surface area contributed by atoms with Gasteiger partial charge in [0.2, 0.25) is 0 Å². The van der Waals surface area contributed by atoms with Crippen molar-refractivity contribution in [3.05, 3.63) is 12.2 Å². The lowest BCUT2D eigenvalue weighted by Gasteiger charge is -2.44. The smallest absolute Gasteiger partial charge is 0.127 e. The molecule has 0 spiro atoms. The minimum absolute atomic E-state index is 0.0602. The second-order valence-electron chi connectivity index (χ2n) is 6.82. The zero-order chi connectivity index (χ0) is 11.6. The zero-order valence-corrected chi connectivity index (χ0v) is 10.5. The van der Waals surface area contributed by atoms with Gasteiger partial charge in [0.1, 0.15) is 6.29 Å². The van der Waals surface area contributed by atoms with Crippen LogP contribution >= 0.6 is 0 Å². The van der Waals surface area contributed by atoms with Gasteiger partial charge in [0.25, 0.3) is 0 Å². The van der Waals surface area contributed by atoms with Gasteiger partial charge in [-0.25, -0.2) is 0 Å². The second-order valence-corrected chi connectivity index (χ2v) is 6.82. The molecule has 0 unspecified atom stereocenters. The lowest BCUT2D eigenvalue weighted by molar-refractivity contribution is -0.123. The summed E-state index contributed by atoms with van der Waals surface area (Å²) in [6.07, 6.45) is 8.49. The Balaban J connectivity index is 2.20. The first-order valence-electron chi connectivity index (χ1n) is 6.63. The van der Waals surface area contributed by atoms with Crippen molar-refractivity contribution in [2.75, 3.05) is 0 Å². The Morgan fingerprint density at radius 2 is 2.06 bits per heavy atom. The number of hydrogen-bond acceptors (Lipinski definition) is 1. The van der Waals surface area contributed by atoms with E-state index in [9.17, 15) is 4.79 Å². The summed E-state index contributed by atoms with van der Waals surface area (Å²) in [6.45, 7) is 9.05. The third kappa shape index (κ3) is 0.846. The molecule has 4 atom stereocenters.